The molecular formula is C33H37F2N3O3S. The molecule has 0 atom stereocenters. The van der Waals surface area contributed by atoms with Crippen molar-refractivity contribution in [2.45, 2.75) is 52.1 Å². The fourth-order valence-electron chi connectivity index (χ4n) is 4.52. The largest absolute Gasteiger partial charge is 0.485 e. The molecule has 0 unspecified atom stereocenters. The Balaban J connectivity index is 0.000000222. The standard InChI is InChI=1S/C20H16F2O.C12H16N2O2.CH5NS/c1-14-10-11-18(21)17(12-14)16-8-5-9-19(22)20(16)23-13-15-6-3-2-4-7-15;1-2-16-12(15)10-7-8-13-11(14-10)9-5-3-4-6-9;1-3-2/h2-12H,13H2,1H3;7-9H,2-6H2,1H3;2H2,1H3. The van der Waals surface area contributed by atoms with Gasteiger partial charge in [-0.3, -0.25) is 5.14 Å². The predicted molar refractivity (Wildman–Crippen MR) is 164 cm³/mol. The zero-order chi connectivity index (χ0) is 30.3. The summed E-state index contributed by atoms with van der Waals surface area (Å²) in [5.41, 5.74) is 2.96. The minimum atomic E-state index is -0.501. The summed E-state index contributed by atoms with van der Waals surface area (Å²) in [5, 5.41) is 4.76. The van der Waals surface area contributed by atoms with Gasteiger partial charge >= 0.3 is 5.97 Å². The second-order valence-electron chi connectivity index (χ2n) is 9.61. The van der Waals surface area contributed by atoms with Crippen LogP contribution in [0, 0.1) is 18.6 Å². The molecule has 0 spiro atoms. The molecule has 1 aliphatic rings. The third-order valence-corrected chi connectivity index (χ3v) is 6.48. The lowest BCUT2D eigenvalue weighted by Gasteiger charge is -2.14. The Morgan fingerprint density at radius 1 is 0.976 bits per heavy atom. The molecule has 1 heterocycles. The number of para-hydroxylation sites is 1. The van der Waals surface area contributed by atoms with Crippen LogP contribution in [0.25, 0.3) is 11.1 Å². The zero-order valence-corrected chi connectivity index (χ0v) is 25.0. The summed E-state index contributed by atoms with van der Waals surface area (Å²) in [5.74, 6) is 0.0347. The lowest BCUT2D eigenvalue weighted by molar-refractivity contribution is 0.0518. The number of benzene rings is 3. The maximum Gasteiger partial charge on any atom is 0.357 e. The summed E-state index contributed by atoms with van der Waals surface area (Å²) in [4.78, 5) is 20.0. The lowest BCUT2D eigenvalue weighted by atomic mass is 10.0. The molecule has 222 valence electrons. The van der Waals surface area contributed by atoms with Gasteiger partial charge in [-0.25, -0.2) is 23.5 Å². The maximum absolute atomic E-state index is 14.2. The van der Waals surface area contributed by atoms with Crippen LogP contribution in [0.2, 0.25) is 0 Å². The number of hydrogen-bond acceptors (Lipinski definition) is 7. The third kappa shape index (κ3) is 9.63. The van der Waals surface area contributed by atoms with E-state index in [1.165, 1.54) is 36.9 Å². The van der Waals surface area contributed by atoms with Crippen LogP contribution in [0.5, 0.6) is 5.75 Å². The molecule has 1 fully saturated rings. The Kier molecular flexibility index (Phi) is 13.4. The van der Waals surface area contributed by atoms with E-state index in [1.54, 1.807) is 43.5 Å². The van der Waals surface area contributed by atoms with Crippen molar-refractivity contribution in [3.63, 3.8) is 0 Å². The molecule has 9 heteroatoms. The topological polar surface area (TPSA) is 87.3 Å². The van der Waals surface area contributed by atoms with E-state index in [2.05, 4.69) is 9.97 Å². The van der Waals surface area contributed by atoms with Crippen molar-refractivity contribution < 1.29 is 23.0 Å². The molecule has 5 rings (SSSR count). The first-order valence-corrected chi connectivity index (χ1v) is 15.1. The number of nitrogens with zero attached hydrogens (tertiary/aromatic N) is 2. The average Bonchev–Trinajstić information content (AvgIpc) is 3.55. The first kappa shape index (κ1) is 32.7. The molecule has 0 radical (unpaired) electrons. The van der Waals surface area contributed by atoms with Crippen molar-refractivity contribution in [2.75, 3.05) is 12.9 Å². The fraction of sp³-hybridized carbons (Fsp3) is 0.303. The Morgan fingerprint density at radius 3 is 2.38 bits per heavy atom. The Morgan fingerprint density at radius 2 is 1.69 bits per heavy atom. The number of halogens is 2. The van der Waals surface area contributed by atoms with Gasteiger partial charge in [0.05, 0.1) is 6.61 Å². The van der Waals surface area contributed by atoms with Crippen LogP contribution in [0.3, 0.4) is 0 Å². The maximum atomic E-state index is 14.2. The zero-order valence-electron chi connectivity index (χ0n) is 24.2. The van der Waals surface area contributed by atoms with Crippen LogP contribution >= 0.6 is 11.9 Å². The van der Waals surface area contributed by atoms with Gasteiger partial charge in [0.1, 0.15) is 18.2 Å². The molecule has 0 saturated heterocycles. The highest BCUT2D eigenvalue weighted by Crippen LogP contribution is 2.35. The second kappa shape index (κ2) is 17.2. The molecular weight excluding hydrogens is 556 g/mol. The molecule has 0 aliphatic heterocycles. The van der Waals surface area contributed by atoms with Crippen molar-refractivity contribution >= 4 is 17.9 Å². The first-order valence-electron chi connectivity index (χ1n) is 13.8. The smallest absolute Gasteiger partial charge is 0.357 e. The van der Waals surface area contributed by atoms with Gasteiger partial charge in [-0.05, 0) is 62.8 Å². The minimum absolute atomic E-state index is 0.0702. The number of nitrogens with two attached hydrogens (primary N) is 1. The first-order chi connectivity index (χ1) is 20.4. The molecule has 4 aromatic rings. The summed E-state index contributed by atoms with van der Waals surface area (Å²) < 4.78 is 39.0. The molecule has 2 N–H and O–H groups in total. The number of esters is 1. The molecule has 0 bridgehead atoms. The van der Waals surface area contributed by atoms with Gasteiger partial charge in [-0.1, -0.05) is 78.9 Å². The summed E-state index contributed by atoms with van der Waals surface area (Å²) in [7, 11) is 0. The van der Waals surface area contributed by atoms with Crippen LogP contribution in [0.15, 0.2) is 79.0 Å². The van der Waals surface area contributed by atoms with Crippen LogP contribution in [0.1, 0.15) is 66.0 Å². The third-order valence-electron chi connectivity index (χ3n) is 6.48. The molecule has 1 saturated carbocycles. The van der Waals surface area contributed by atoms with Gasteiger partial charge in [-0.15, -0.1) is 0 Å². The van der Waals surface area contributed by atoms with Crippen LogP contribution in [-0.2, 0) is 11.3 Å². The molecule has 1 aliphatic carbocycles. The Labute approximate surface area is 250 Å². The number of aryl methyl sites for hydroxylation is 1. The number of hydrogen-bond donors (Lipinski definition) is 1. The molecule has 1 aromatic heterocycles. The molecule has 3 aromatic carbocycles. The Bertz CT molecular complexity index is 1420. The number of rotatable bonds is 7. The predicted octanol–water partition coefficient (Wildman–Crippen LogP) is 8.05. The van der Waals surface area contributed by atoms with E-state index in [0.29, 0.717) is 29.3 Å². The van der Waals surface area contributed by atoms with Crippen molar-refractivity contribution in [2.24, 2.45) is 5.14 Å². The minimum Gasteiger partial charge on any atom is -0.485 e. The summed E-state index contributed by atoms with van der Waals surface area (Å²) in [6.07, 6.45) is 8.20. The SMILES string of the molecule is CCOC(=O)c1ccnc(C2CCCC2)n1.CSN.Cc1ccc(F)c(-c2cccc(F)c2OCc2ccccc2)c1. The van der Waals surface area contributed by atoms with Crippen molar-refractivity contribution in [1.82, 2.24) is 9.97 Å². The van der Waals surface area contributed by atoms with E-state index in [9.17, 15) is 13.6 Å². The highest BCUT2D eigenvalue weighted by molar-refractivity contribution is 7.96. The summed E-state index contributed by atoms with van der Waals surface area (Å²) >= 11 is 1.25. The van der Waals surface area contributed by atoms with Gasteiger partial charge in [0, 0.05) is 23.2 Å². The highest BCUT2D eigenvalue weighted by Gasteiger charge is 2.21. The Hall–Kier alpha value is -3.82. The van der Waals surface area contributed by atoms with Crippen molar-refractivity contribution in [3.05, 3.63) is 113 Å². The quantitative estimate of drug-likeness (QED) is 0.171. The number of ether oxygens (including phenoxy) is 2. The number of aromatic nitrogens is 2. The second-order valence-corrected chi connectivity index (χ2v) is 10.1. The average molecular weight is 594 g/mol. The van der Waals surface area contributed by atoms with Crippen molar-refractivity contribution in [1.29, 1.82) is 0 Å². The van der Waals surface area contributed by atoms with Gasteiger partial charge in [0.25, 0.3) is 0 Å². The van der Waals surface area contributed by atoms with E-state index in [1.807, 2.05) is 43.5 Å². The van der Waals surface area contributed by atoms with Crippen molar-refractivity contribution in [3.8, 4) is 16.9 Å². The van der Waals surface area contributed by atoms with Crippen LogP contribution in [0.4, 0.5) is 8.78 Å². The molecule has 42 heavy (non-hydrogen) atoms. The molecule has 0 amide bonds. The van der Waals surface area contributed by atoms with E-state index in [-0.39, 0.29) is 18.3 Å². The van der Waals surface area contributed by atoms with Gasteiger partial charge in [0.15, 0.2) is 17.3 Å². The fourth-order valence-corrected chi connectivity index (χ4v) is 4.52. The van der Waals surface area contributed by atoms with Gasteiger partial charge in [-0.2, -0.15) is 0 Å². The van der Waals surface area contributed by atoms with E-state index in [0.717, 1.165) is 29.8 Å². The van der Waals surface area contributed by atoms with E-state index < -0.39 is 11.6 Å². The summed E-state index contributed by atoms with van der Waals surface area (Å²) in [6.45, 7) is 4.26. The van der Waals surface area contributed by atoms with E-state index >= 15 is 0 Å². The van der Waals surface area contributed by atoms with Crippen LogP contribution in [-0.4, -0.2) is 28.8 Å². The van der Waals surface area contributed by atoms with Gasteiger partial charge in [0.2, 0.25) is 0 Å². The number of carbonyl (C=O) groups excluding carboxylic acids is 1. The van der Waals surface area contributed by atoms with E-state index in [4.69, 9.17) is 14.6 Å². The van der Waals surface area contributed by atoms with Gasteiger partial charge < -0.3 is 9.47 Å². The van der Waals surface area contributed by atoms with Crippen LogP contribution < -0.4 is 9.88 Å². The highest BCUT2D eigenvalue weighted by atomic mass is 32.2. The summed E-state index contributed by atoms with van der Waals surface area (Å²) in [6, 6.07) is 20.4. The number of carbonyl (C=O) groups is 1. The molecule has 6 nitrogen and oxygen atoms in total. The normalized spacial score (nSPS) is 12.4. The lowest BCUT2D eigenvalue weighted by Crippen LogP contribution is -2.10. The monoisotopic (exact) mass is 593 g/mol.